The largest absolute Gasteiger partial charge is 0.410 e. The molecule has 2 atom stereocenters. The van der Waals surface area contributed by atoms with Crippen LogP contribution in [-0.2, 0) is 10.8 Å². The van der Waals surface area contributed by atoms with Crippen LogP contribution in [-0.4, -0.2) is 18.4 Å². The summed E-state index contributed by atoms with van der Waals surface area (Å²) < 4.78 is 21.8. The lowest BCUT2D eigenvalue weighted by atomic mass is 9.74. The smallest absolute Gasteiger partial charge is 0.192 e. The molecular formula is C29H41FINO2Si. The molecule has 0 radical (unpaired) electrons. The average Bonchev–Trinajstić information content (AvgIpc) is 3.26. The van der Waals surface area contributed by atoms with Crippen LogP contribution >= 0.6 is 22.6 Å². The third-order valence-corrected chi connectivity index (χ3v) is 14.1. The number of pyridine rings is 1. The van der Waals surface area contributed by atoms with Crippen molar-refractivity contribution in [1.82, 2.24) is 4.98 Å². The number of nitrogens with zero attached hydrogens (tertiary/aromatic N) is 1. The zero-order chi connectivity index (χ0) is 25.8. The molecule has 2 aliphatic rings. The highest BCUT2D eigenvalue weighted by Crippen LogP contribution is 2.51. The normalized spacial score (nSPS) is 21.7. The van der Waals surface area contributed by atoms with Gasteiger partial charge in [0.25, 0.3) is 0 Å². The van der Waals surface area contributed by atoms with Gasteiger partial charge in [-0.15, -0.1) is 0 Å². The maximum atomic E-state index is 13.7. The van der Waals surface area contributed by atoms with Crippen LogP contribution in [0.15, 0.2) is 24.3 Å². The summed E-state index contributed by atoms with van der Waals surface area (Å²) >= 11 is 2.45. The van der Waals surface area contributed by atoms with Crippen molar-refractivity contribution in [2.45, 2.75) is 109 Å². The van der Waals surface area contributed by atoms with E-state index in [1.807, 2.05) is 0 Å². The van der Waals surface area contributed by atoms with Gasteiger partial charge in [0, 0.05) is 26.3 Å². The molecule has 0 amide bonds. The maximum Gasteiger partial charge on any atom is 0.192 e. The summed E-state index contributed by atoms with van der Waals surface area (Å²) in [5, 5.41) is 11.8. The van der Waals surface area contributed by atoms with Gasteiger partial charge in [0.1, 0.15) is 11.9 Å². The molecule has 35 heavy (non-hydrogen) atoms. The molecule has 1 heterocycles. The van der Waals surface area contributed by atoms with E-state index in [9.17, 15) is 9.50 Å². The molecule has 4 rings (SSSR count). The summed E-state index contributed by atoms with van der Waals surface area (Å²) in [7, 11) is -2.04. The van der Waals surface area contributed by atoms with Gasteiger partial charge in [0.2, 0.25) is 0 Å². The Labute approximate surface area is 225 Å². The van der Waals surface area contributed by atoms with Crippen LogP contribution in [0.1, 0.15) is 113 Å². The third-order valence-electron chi connectivity index (χ3n) is 8.47. The van der Waals surface area contributed by atoms with Crippen LogP contribution in [0.4, 0.5) is 4.39 Å². The number of hydrogen-bond donors (Lipinski definition) is 1. The molecule has 1 aromatic carbocycles. The molecule has 1 N–H and O–H groups in total. The molecule has 1 saturated carbocycles. The number of hydrogen-bond acceptors (Lipinski definition) is 3. The van der Waals surface area contributed by atoms with Gasteiger partial charge in [-0.2, -0.15) is 0 Å². The summed E-state index contributed by atoms with van der Waals surface area (Å²) in [6, 6.07) is 6.25. The van der Waals surface area contributed by atoms with Gasteiger partial charge in [-0.25, -0.2) is 4.39 Å². The Balaban J connectivity index is 1.89. The molecule has 0 aliphatic heterocycles. The topological polar surface area (TPSA) is 42.4 Å². The van der Waals surface area contributed by atoms with Gasteiger partial charge in [-0.05, 0) is 89.5 Å². The number of aliphatic hydroxyl groups is 1. The summed E-state index contributed by atoms with van der Waals surface area (Å²) in [6.45, 7) is 16.1. The lowest BCUT2D eigenvalue weighted by Crippen LogP contribution is -2.44. The molecule has 2 aliphatic carbocycles. The highest BCUT2D eigenvalue weighted by Gasteiger charge is 2.44. The van der Waals surface area contributed by atoms with E-state index < -0.39 is 14.4 Å². The molecule has 6 heteroatoms. The molecule has 0 unspecified atom stereocenters. The van der Waals surface area contributed by atoms with E-state index in [4.69, 9.17) is 9.41 Å². The summed E-state index contributed by atoms with van der Waals surface area (Å²) in [6.07, 6.45) is 5.62. The van der Waals surface area contributed by atoms with Gasteiger partial charge in [0.05, 0.1) is 11.8 Å². The third kappa shape index (κ3) is 5.55. The molecule has 0 bridgehead atoms. The van der Waals surface area contributed by atoms with Crippen molar-refractivity contribution in [1.29, 1.82) is 0 Å². The second kappa shape index (κ2) is 9.80. The van der Waals surface area contributed by atoms with Crippen molar-refractivity contribution in [3.05, 3.63) is 61.7 Å². The number of aliphatic hydroxyl groups excluding tert-OH is 1. The minimum Gasteiger partial charge on any atom is -0.410 e. The van der Waals surface area contributed by atoms with Crippen molar-refractivity contribution < 1.29 is 13.9 Å². The molecular weight excluding hydrogens is 568 g/mol. The van der Waals surface area contributed by atoms with Crippen molar-refractivity contribution >= 4 is 30.9 Å². The minimum absolute atomic E-state index is 0.0363. The first-order valence-electron chi connectivity index (χ1n) is 13.0. The molecule has 1 fully saturated rings. The Morgan fingerprint density at radius 2 is 1.74 bits per heavy atom. The predicted octanol–water partition coefficient (Wildman–Crippen LogP) is 8.60. The highest BCUT2D eigenvalue weighted by molar-refractivity contribution is 14.1. The Bertz CT molecular complexity index is 1070. The standard InChI is InChI=1S/C29H41FINO2Si/c1-28(2,3)35(6,7)34-22-17-29(4,5)16-21-23(22)25(31)24(26(32-21)18-10-8-9-11-18)27(33)19-12-14-20(30)15-13-19/h12-15,18,22,27,33H,8-11,16-17H2,1-7H3/t22-,27+/m0/s1. The lowest BCUT2D eigenvalue weighted by molar-refractivity contribution is 0.104. The predicted molar refractivity (Wildman–Crippen MR) is 152 cm³/mol. The first-order valence-corrected chi connectivity index (χ1v) is 17.0. The maximum absolute atomic E-state index is 13.7. The van der Waals surface area contributed by atoms with E-state index in [-0.39, 0.29) is 22.4 Å². The number of fused-ring (bicyclic) bond motifs is 1. The quantitative estimate of drug-likeness (QED) is 0.273. The van der Waals surface area contributed by atoms with Gasteiger partial charge in [-0.3, -0.25) is 4.98 Å². The first kappa shape index (κ1) is 27.2. The van der Waals surface area contributed by atoms with Crippen LogP contribution in [0.2, 0.25) is 18.1 Å². The zero-order valence-electron chi connectivity index (χ0n) is 22.3. The molecule has 192 valence electrons. The summed E-state index contributed by atoms with van der Waals surface area (Å²) in [5.74, 6) is 0.0732. The fourth-order valence-corrected chi connectivity index (χ4v) is 7.95. The van der Waals surface area contributed by atoms with Crippen molar-refractivity contribution in [3.8, 4) is 0 Å². The van der Waals surface area contributed by atoms with Crippen LogP contribution in [0.25, 0.3) is 0 Å². The fraction of sp³-hybridized carbons (Fsp3) is 0.621. The second-order valence-corrected chi connectivity index (χ2v) is 18.8. The van der Waals surface area contributed by atoms with E-state index in [0.29, 0.717) is 11.5 Å². The van der Waals surface area contributed by atoms with Crippen LogP contribution in [0.3, 0.4) is 0 Å². The van der Waals surface area contributed by atoms with E-state index in [0.717, 1.165) is 46.2 Å². The Morgan fingerprint density at radius 3 is 2.31 bits per heavy atom. The summed E-state index contributed by atoms with van der Waals surface area (Å²) in [4.78, 5) is 5.35. The molecule has 1 aromatic heterocycles. The Morgan fingerprint density at radius 1 is 1.14 bits per heavy atom. The number of rotatable bonds is 5. The van der Waals surface area contributed by atoms with Gasteiger partial charge >= 0.3 is 0 Å². The van der Waals surface area contributed by atoms with Crippen molar-refractivity contribution in [2.75, 3.05) is 0 Å². The molecule has 0 spiro atoms. The van der Waals surface area contributed by atoms with Gasteiger partial charge in [0.15, 0.2) is 8.32 Å². The van der Waals surface area contributed by atoms with Crippen LogP contribution < -0.4 is 0 Å². The van der Waals surface area contributed by atoms with Gasteiger partial charge in [-0.1, -0.05) is 59.6 Å². The van der Waals surface area contributed by atoms with E-state index >= 15 is 0 Å². The average molecular weight is 610 g/mol. The zero-order valence-corrected chi connectivity index (χ0v) is 25.5. The number of benzene rings is 1. The summed E-state index contributed by atoms with van der Waals surface area (Å²) in [5.41, 5.74) is 5.08. The number of aromatic nitrogens is 1. The molecule has 2 aromatic rings. The Hall–Kier alpha value is -0.833. The van der Waals surface area contributed by atoms with E-state index in [1.54, 1.807) is 12.1 Å². The molecule has 3 nitrogen and oxygen atoms in total. The van der Waals surface area contributed by atoms with E-state index in [1.165, 1.54) is 30.5 Å². The minimum atomic E-state index is -2.04. The number of halogens is 2. The first-order chi connectivity index (χ1) is 16.2. The fourth-order valence-electron chi connectivity index (χ4n) is 5.46. The van der Waals surface area contributed by atoms with E-state index in [2.05, 4.69) is 70.3 Å². The van der Waals surface area contributed by atoms with Crippen LogP contribution in [0, 0.1) is 14.8 Å². The van der Waals surface area contributed by atoms with Crippen LogP contribution in [0.5, 0.6) is 0 Å². The second-order valence-electron chi connectivity index (χ2n) is 12.9. The van der Waals surface area contributed by atoms with Gasteiger partial charge < -0.3 is 9.53 Å². The molecule has 0 saturated heterocycles. The van der Waals surface area contributed by atoms with Crippen molar-refractivity contribution in [3.63, 3.8) is 0 Å². The van der Waals surface area contributed by atoms with Crippen molar-refractivity contribution in [2.24, 2.45) is 5.41 Å². The lowest BCUT2D eigenvalue weighted by Gasteiger charge is -2.44. The monoisotopic (exact) mass is 609 g/mol. The SMILES string of the molecule is CC1(C)Cc2nc(C3CCCC3)c([C@H](O)c3ccc(F)cc3)c(I)c2[C@@H](O[Si](C)(C)C(C)(C)C)C1. The Kier molecular flexibility index (Phi) is 7.62. The highest BCUT2D eigenvalue weighted by atomic mass is 127.